The highest BCUT2D eigenvalue weighted by molar-refractivity contribution is 5.77. The average molecular weight is 334 g/mol. The fraction of sp³-hybridized carbons (Fsp3) is 0.143. The summed E-state index contributed by atoms with van der Waals surface area (Å²) in [4.78, 5) is 16.4. The van der Waals surface area contributed by atoms with Crippen LogP contribution in [0.1, 0.15) is 29.0 Å². The van der Waals surface area contributed by atoms with Crippen molar-refractivity contribution in [3.8, 4) is 0 Å². The van der Waals surface area contributed by atoms with Gasteiger partial charge in [-0.15, -0.1) is 0 Å². The third-order valence-electron chi connectivity index (χ3n) is 4.11. The number of carbonyl (C=O) groups is 1. The summed E-state index contributed by atoms with van der Waals surface area (Å²) in [7, 11) is 0. The van der Waals surface area contributed by atoms with Crippen LogP contribution in [0.2, 0.25) is 0 Å². The lowest BCUT2D eigenvalue weighted by atomic mass is 9.88. The predicted molar refractivity (Wildman–Crippen MR) is 95.4 cm³/mol. The number of amides is 1. The molecule has 2 aromatic carbocycles. The van der Waals surface area contributed by atoms with E-state index in [4.69, 9.17) is 0 Å². The first-order chi connectivity index (χ1) is 12.2. The van der Waals surface area contributed by atoms with E-state index in [1.165, 1.54) is 6.07 Å². The summed E-state index contributed by atoms with van der Waals surface area (Å²) in [5, 5.41) is 2.90. The molecule has 0 saturated carbocycles. The molecule has 1 N–H and O–H groups in total. The van der Waals surface area contributed by atoms with Crippen LogP contribution >= 0.6 is 0 Å². The molecule has 0 aliphatic heterocycles. The summed E-state index contributed by atoms with van der Waals surface area (Å²) in [6, 6.07) is 19.9. The van der Waals surface area contributed by atoms with E-state index >= 15 is 0 Å². The van der Waals surface area contributed by atoms with Gasteiger partial charge in [0.05, 0.1) is 0 Å². The number of aromatic nitrogens is 1. The van der Waals surface area contributed by atoms with Crippen LogP contribution in [-0.2, 0) is 11.3 Å². The van der Waals surface area contributed by atoms with Crippen molar-refractivity contribution in [2.45, 2.75) is 18.9 Å². The summed E-state index contributed by atoms with van der Waals surface area (Å²) in [6.45, 7) is 0.431. The number of rotatable bonds is 6. The molecular weight excluding hydrogens is 315 g/mol. The first-order valence-corrected chi connectivity index (χ1v) is 8.19. The average Bonchev–Trinajstić information content (AvgIpc) is 2.67. The third-order valence-corrected chi connectivity index (χ3v) is 4.11. The van der Waals surface area contributed by atoms with Crippen LogP contribution in [0.25, 0.3) is 0 Å². The van der Waals surface area contributed by atoms with Crippen molar-refractivity contribution in [3.63, 3.8) is 0 Å². The summed E-state index contributed by atoms with van der Waals surface area (Å²) < 4.78 is 14.3. The number of carbonyl (C=O) groups excluding carboxylic acids is 1. The monoisotopic (exact) mass is 334 g/mol. The molecule has 1 amide bonds. The normalized spacial score (nSPS) is 11.7. The predicted octanol–water partition coefficient (Wildman–Crippen LogP) is 4.06. The van der Waals surface area contributed by atoms with E-state index in [0.717, 1.165) is 11.1 Å². The quantitative estimate of drug-likeness (QED) is 0.739. The van der Waals surface area contributed by atoms with Crippen molar-refractivity contribution in [1.82, 2.24) is 10.3 Å². The molecule has 0 spiro atoms. The van der Waals surface area contributed by atoms with E-state index in [-0.39, 0.29) is 24.1 Å². The maximum Gasteiger partial charge on any atom is 0.221 e. The number of benzene rings is 2. The maximum absolute atomic E-state index is 14.3. The minimum absolute atomic E-state index is 0.117. The van der Waals surface area contributed by atoms with E-state index in [9.17, 15) is 9.18 Å². The van der Waals surface area contributed by atoms with E-state index < -0.39 is 0 Å². The number of nitrogens with one attached hydrogen (secondary N) is 1. The lowest BCUT2D eigenvalue weighted by Crippen LogP contribution is -2.25. The second-order valence-corrected chi connectivity index (χ2v) is 5.82. The van der Waals surface area contributed by atoms with Crippen molar-refractivity contribution in [2.24, 2.45) is 0 Å². The zero-order valence-corrected chi connectivity index (χ0v) is 13.7. The Balaban J connectivity index is 1.76. The molecule has 3 rings (SSSR count). The topological polar surface area (TPSA) is 42.0 Å². The van der Waals surface area contributed by atoms with Gasteiger partial charge in [0.2, 0.25) is 5.91 Å². The summed E-state index contributed by atoms with van der Waals surface area (Å²) >= 11 is 0. The van der Waals surface area contributed by atoms with Gasteiger partial charge >= 0.3 is 0 Å². The SMILES string of the molecule is O=C(C[C@H](c1ccccc1)c1ccccc1F)NCc1ccncc1. The molecule has 3 nitrogen and oxygen atoms in total. The van der Waals surface area contributed by atoms with Gasteiger partial charge in [-0.1, -0.05) is 48.5 Å². The molecule has 126 valence electrons. The fourth-order valence-corrected chi connectivity index (χ4v) is 2.81. The van der Waals surface area contributed by atoms with Gasteiger partial charge in [-0.2, -0.15) is 0 Å². The minimum atomic E-state index is -0.320. The van der Waals surface area contributed by atoms with Crippen molar-refractivity contribution in [1.29, 1.82) is 0 Å². The van der Waals surface area contributed by atoms with Gasteiger partial charge in [0, 0.05) is 31.3 Å². The van der Waals surface area contributed by atoms with E-state index in [1.54, 1.807) is 30.6 Å². The molecule has 0 fully saturated rings. The Kier molecular flexibility index (Phi) is 5.52. The smallest absolute Gasteiger partial charge is 0.221 e. The van der Waals surface area contributed by atoms with E-state index in [2.05, 4.69) is 10.3 Å². The van der Waals surface area contributed by atoms with Gasteiger partial charge < -0.3 is 5.32 Å². The van der Waals surface area contributed by atoms with Gasteiger partial charge in [-0.3, -0.25) is 9.78 Å². The summed E-state index contributed by atoms with van der Waals surface area (Å²) in [6.07, 6.45) is 3.57. The number of hydrogen-bond acceptors (Lipinski definition) is 2. The van der Waals surface area contributed by atoms with E-state index in [1.807, 2.05) is 42.5 Å². The fourth-order valence-electron chi connectivity index (χ4n) is 2.81. The Labute approximate surface area is 146 Å². The van der Waals surface area contributed by atoms with Crippen LogP contribution in [0.3, 0.4) is 0 Å². The van der Waals surface area contributed by atoms with Crippen molar-refractivity contribution >= 4 is 5.91 Å². The van der Waals surface area contributed by atoms with Gasteiger partial charge in [0.1, 0.15) is 5.82 Å². The molecule has 0 aliphatic carbocycles. The van der Waals surface area contributed by atoms with Crippen LogP contribution in [0.4, 0.5) is 4.39 Å². The molecule has 0 saturated heterocycles. The highest BCUT2D eigenvalue weighted by Crippen LogP contribution is 2.29. The molecular formula is C21H19FN2O. The molecule has 0 unspecified atom stereocenters. The molecule has 3 aromatic rings. The summed E-state index contributed by atoms with van der Waals surface area (Å²) in [5.41, 5.74) is 2.44. The molecule has 0 radical (unpaired) electrons. The van der Waals surface area contributed by atoms with Crippen LogP contribution in [-0.4, -0.2) is 10.9 Å². The molecule has 1 heterocycles. The van der Waals surface area contributed by atoms with Crippen LogP contribution in [0, 0.1) is 5.82 Å². The molecule has 4 heteroatoms. The minimum Gasteiger partial charge on any atom is -0.352 e. The molecule has 0 bridgehead atoms. The number of halogens is 1. The van der Waals surface area contributed by atoms with Crippen LogP contribution in [0.15, 0.2) is 79.1 Å². The van der Waals surface area contributed by atoms with Crippen molar-refractivity contribution in [3.05, 3.63) is 102 Å². The third kappa shape index (κ3) is 4.51. The molecule has 25 heavy (non-hydrogen) atoms. The highest BCUT2D eigenvalue weighted by atomic mass is 19.1. The van der Waals surface area contributed by atoms with E-state index in [0.29, 0.717) is 12.1 Å². The summed E-state index contributed by atoms with van der Waals surface area (Å²) in [5.74, 6) is -0.730. The first-order valence-electron chi connectivity index (χ1n) is 8.19. The van der Waals surface area contributed by atoms with Gasteiger partial charge in [0.25, 0.3) is 0 Å². The lowest BCUT2D eigenvalue weighted by molar-refractivity contribution is -0.121. The highest BCUT2D eigenvalue weighted by Gasteiger charge is 2.20. The Morgan fingerprint density at radius 2 is 1.64 bits per heavy atom. The largest absolute Gasteiger partial charge is 0.352 e. The van der Waals surface area contributed by atoms with Gasteiger partial charge in [0.15, 0.2) is 0 Å². The number of pyridine rings is 1. The zero-order chi connectivity index (χ0) is 17.5. The van der Waals surface area contributed by atoms with Gasteiger partial charge in [-0.05, 0) is 34.9 Å². The Hall–Kier alpha value is -3.01. The van der Waals surface area contributed by atoms with Crippen molar-refractivity contribution in [2.75, 3.05) is 0 Å². The Morgan fingerprint density at radius 1 is 0.960 bits per heavy atom. The van der Waals surface area contributed by atoms with Crippen LogP contribution in [0.5, 0.6) is 0 Å². The number of hydrogen-bond donors (Lipinski definition) is 1. The lowest BCUT2D eigenvalue weighted by Gasteiger charge is -2.18. The number of nitrogens with zero attached hydrogens (tertiary/aromatic N) is 1. The molecule has 1 aromatic heterocycles. The van der Waals surface area contributed by atoms with Crippen LogP contribution < -0.4 is 5.32 Å². The first kappa shape index (κ1) is 16.8. The Morgan fingerprint density at radius 3 is 2.36 bits per heavy atom. The standard InChI is InChI=1S/C21H19FN2O/c22-20-9-5-4-8-18(20)19(17-6-2-1-3-7-17)14-21(25)24-15-16-10-12-23-13-11-16/h1-13,19H,14-15H2,(H,24,25)/t19-/m1/s1. The molecule has 0 aliphatic rings. The second kappa shape index (κ2) is 8.20. The molecule has 1 atom stereocenters. The second-order valence-electron chi connectivity index (χ2n) is 5.82. The van der Waals surface area contributed by atoms with Crippen molar-refractivity contribution < 1.29 is 9.18 Å². The van der Waals surface area contributed by atoms with Gasteiger partial charge in [-0.25, -0.2) is 4.39 Å². The zero-order valence-electron chi connectivity index (χ0n) is 13.7. The maximum atomic E-state index is 14.3. The Bertz CT molecular complexity index is 822.